The zero-order chi connectivity index (χ0) is 12.4. The second-order valence-corrected chi connectivity index (χ2v) is 6.71. The van der Waals surface area contributed by atoms with E-state index in [9.17, 15) is 0 Å². The van der Waals surface area contributed by atoms with Gasteiger partial charge in [0.25, 0.3) is 0 Å². The van der Waals surface area contributed by atoms with Crippen molar-refractivity contribution in [2.45, 2.75) is 9.96 Å². The number of nitrogen functional groups attached to an aromatic ring is 1. The number of rotatable bonds is 4. The van der Waals surface area contributed by atoms with E-state index in [1.54, 1.807) is 35.6 Å². The Bertz CT molecular complexity index is 630. The number of hydrogen-bond acceptors (Lipinski definition) is 7. The molecule has 18 heavy (non-hydrogen) atoms. The van der Waals surface area contributed by atoms with E-state index in [0.29, 0.717) is 11.0 Å². The maximum absolute atomic E-state index is 5.58. The van der Waals surface area contributed by atoms with Crippen LogP contribution < -0.4 is 5.73 Å². The van der Waals surface area contributed by atoms with Gasteiger partial charge >= 0.3 is 0 Å². The van der Waals surface area contributed by atoms with Gasteiger partial charge in [-0.3, -0.25) is 0 Å². The number of aromatic nitrogens is 2. The molecule has 7 heteroatoms. The number of nitrogens with two attached hydrogens (primary N) is 1. The van der Waals surface area contributed by atoms with Gasteiger partial charge in [-0.15, -0.1) is 23.1 Å². The summed E-state index contributed by atoms with van der Waals surface area (Å²) in [5, 5.41) is 2.60. The van der Waals surface area contributed by atoms with Crippen molar-refractivity contribution < 1.29 is 4.42 Å². The van der Waals surface area contributed by atoms with Crippen LogP contribution >= 0.6 is 34.4 Å². The van der Waals surface area contributed by atoms with E-state index < -0.39 is 0 Å². The summed E-state index contributed by atoms with van der Waals surface area (Å²) in [6.45, 7) is 0. The predicted molar refractivity (Wildman–Crippen MR) is 75.9 cm³/mol. The molecule has 0 unspecified atom stereocenters. The standard InChI is InChI=1S/C11H9N3OS3/c12-11-13-4-9(18-11)17-6-7-5-15-10(14-7)8-2-1-3-16-8/h1-5H,6H2,(H2,12,13). The second kappa shape index (κ2) is 5.13. The molecule has 0 saturated carbocycles. The van der Waals surface area contributed by atoms with Crippen LogP contribution in [0.1, 0.15) is 5.69 Å². The lowest BCUT2D eigenvalue weighted by Crippen LogP contribution is -1.79. The van der Waals surface area contributed by atoms with Crippen LogP contribution in [-0.4, -0.2) is 9.97 Å². The minimum atomic E-state index is 0.594. The molecule has 0 fully saturated rings. The number of hydrogen-bond donors (Lipinski definition) is 1. The first-order valence-corrected chi connectivity index (χ1v) is 7.82. The van der Waals surface area contributed by atoms with Gasteiger partial charge in [0.1, 0.15) is 6.26 Å². The number of thiophene rings is 1. The predicted octanol–water partition coefficient (Wildman–Crippen LogP) is 3.73. The van der Waals surface area contributed by atoms with Crippen LogP contribution in [0.25, 0.3) is 10.8 Å². The average Bonchev–Trinajstić information content (AvgIpc) is 3.07. The summed E-state index contributed by atoms with van der Waals surface area (Å²) in [5.74, 6) is 1.45. The number of oxazole rings is 1. The molecule has 92 valence electrons. The molecule has 0 aliphatic carbocycles. The molecule has 0 aliphatic heterocycles. The van der Waals surface area contributed by atoms with E-state index in [2.05, 4.69) is 9.97 Å². The van der Waals surface area contributed by atoms with Gasteiger partial charge in [-0.25, -0.2) is 9.97 Å². The molecule has 3 rings (SSSR count). The van der Waals surface area contributed by atoms with Crippen molar-refractivity contribution >= 4 is 39.6 Å². The second-order valence-electron chi connectivity index (χ2n) is 3.43. The van der Waals surface area contributed by atoms with Gasteiger partial charge in [0.15, 0.2) is 5.13 Å². The van der Waals surface area contributed by atoms with Crippen molar-refractivity contribution in [1.82, 2.24) is 9.97 Å². The van der Waals surface area contributed by atoms with Gasteiger partial charge < -0.3 is 10.2 Å². The summed E-state index contributed by atoms with van der Waals surface area (Å²) < 4.78 is 6.54. The molecule has 3 aromatic heterocycles. The van der Waals surface area contributed by atoms with Crippen LogP contribution in [0.4, 0.5) is 5.13 Å². The maximum atomic E-state index is 5.58. The molecule has 0 aliphatic rings. The van der Waals surface area contributed by atoms with Crippen LogP contribution in [0, 0.1) is 0 Å². The number of thioether (sulfide) groups is 1. The lowest BCUT2D eigenvalue weighted by molar-refractivity contribution is 0.575. The highest BCUT2D eigenvalue weighted by atomic mass is 32.2. The summed E-state index contributed by atoms with van der Waals surface area (Å²) in [6, 6.07) is 3.98. The Morgan fingerprint density at radius 1 is 1.44 bits per heavy atom. The largest absolute Gasteiger partial charge is 0.444 e. The molecule has 3 heterocycles. The van der Waals surface area contributed by atoms with E-state index >= 15 is 0 Å². The van der Waals surface area contributed by atoms with E-state index in [1.165, 1.54) is 11.3 Å². The Kier molecular flexibility index (Phi) is 3.35. The van der Waals surface area contributed by atoms with Gasteiger partial charge in [-0.2, -0.15) is 0 Å². The molecule has 0 atom stereocenters. The molecule has 0 amide bonds. The summed E-state index contributed by atoms with van der Waals surface area (Å²) in [7, 11) is 0. The Hall–Kier alpha value is -1.31. The van der Waals surface area contributed by atoms with Crippen molar-refractivity contribution in [2.75, 3.05) is 5.73 Å². The SMILES string of the molecule is Nc1ncc(SCc2coc(-c3cccs3)n2)s1. The summed E-state index contributed by atoms with van der Waals surface area (Å²) in [6.07, 6.45) is 3.48. The molecule has 2 N–H and O–H groups in total. The fraction of sp³-hybridized carbons (Fsp3) is 0.0909. The summed E-state index contributed by atoms with van der Waals surface area (Å²) >= 11 is 4.77. The van der Waals surface area contributed by atoms with E-state index in [1.807, 2.05) is 17.5 Å². The van der Waals surface area contributed by atoms with Crippen LogP contribution in [0.5, 0.6) is 0 Å². The molecule has 0 aromatic carbocycles. The molecular formula is C11H9N3OS3. The Labute approximate surface area is 116 Å². The van der Waals surface area contributed by atoms with Crippen molar-refractivity contribution in [3.05, 3.63) is 35.7 Å². The third kappa shape index (κ3) is 2.58. The van der Waals surface area contributed by atoms with Gasteiger partial charge in [0.2, 0.25) is 5.89 Å². The summed E-state index contributed by atoms with van der Waals surface area (Å²) in [5.41, 5.74) is 6.50. The fourth-order valence-electron chi connectivity index (χ4n) is 1.37. The molecule has 4 nitrogen and oxygen atoms in total. The number of thiazole rings is 1. The Balaban J connectivity index is 1.67. The first kappa shape index (κ1) is 11.8. The Morgan fingerprint density at radius 2 is 2.39 bits per heavy atom. The average molecular weight is 295 g/mol. The highest BCUT2D eigenvalue weighted by Crippen LogP contribution is 2.30. The van der Waals surface area contributed by atoms with Gasteiger partial charge in [0.05, 0.1) is 21.0 Å². The molecule has 3 aromatic rings. The van der Waals surface area contributed by atoms with Crippen LogP contribution in [0.2, 0.25) is 0 Å². The van der Waals surface area contributed by atoms with E-state index in [-0.39, 0.29) is 0 Å². The summed E-state index contributed by atoms with van der Waals surface area (Å²) in [4.78, 5) is 9.51. The minimum absolute atomic E-state index is 0.594. The van der Waals surface area contributed by atoms with Crippen molar-refractivity contribution in [1.29, 1.82) is 0 Å². The highest BCUT2D eigenvalue weighted by molar-refractivity contribution is 8.00. The number of anilines is 1. The zero-order valence-electron chi connectivity index (χ0n) is 9.20. The third-order valence-corrected chi connectivity index (χ3v) is 5.06. The fourth-order valence-corrected chi connectivity index (χ4v) is 3.66. The topological polar surface area (TPSA) is 64.9 Å². The maximum Gasteiger partial charge on any atom is 0.236 e. The van der Waals surface area contributed by atoms with Gasteiger partial charge in [0, 0.05) is 5.75 Å². The number of nitrogens with zero attached hydrogens (tertiary/aromatic N) is 2. The lowest BCUT2D eigenvalue weighted by Gasteiger charge is -1.91. The normalized spacial score (nSPS) is 10.9. The van der Waals surface area contributed by atoms with E-state index in [0.717, 1.165) is 20.5 Å². The van der Waals surface area contributed by atoms with Gasteiger partial charge in [-0.1, -0.05) is 17.4 Å². The first-order valence-electron chi connectivity index (χ1n) is 5.13. The van der Waals surface area contributed by atoms with Crippen LogP contribution in [0.3, 0.4) is 0 Å². The van der Waals surface area contributed by atoms with Crippen molar-refractivity contribution in [2.24, 2.45) is 0 Å². The quantitative estimate of drug-likeness (QED) is 0.743. The van der Waals surface area contributed by atoms with Crippen molar-refractivity contribution in [3.8, 4) is 10.8 Å². The molecule has 0 radical (unpaired) electrons. The van der Waals surface area contributed by atoms with E-state index in [4.69, 9.17) is 10.2 Å². The monoisotopic (exact) mass is 295 g/mol. The van der Waals surface area contributed by atoms with Crippen LogP contribution in [-0.2, 0) is 5.75 Å². The highest BCUT2D eigenvalue weighted by Gasteiger charge is 2.08. The minimum Gasteiger partial charge on any atom is -0.444 e. The first-order chi connectivity index (χ1) is 8.81. The van der Waals surface area contributed by atoms with Crippen LogP contribution in [0.15, 0.2) is 38.6 Å². The Morgan fingerprint density at radius 3 is 3.11 bits per heavy atom. The van der Waals surface area contributed by atoms with Crippen molar-refractivity contribution in [3.63, 3.8) is 0 Å². The smallest absolute Gasteiger partial charge is 0.236 e. The molecular weight excluding hydrogens is 286 g/mol. The molecule has 0 spiro atoms. The van der Waals surface area contributed by atoms with Gasteiger partial charge in [-0.05, 0) is 11.4 Å². The molecule has 0 bridgehead atoms. The molecule has 0 saturated heterocycles. The lowest BCUT2D eigenvalue weighted by atomic mass is 10.5. The third-order valence-electron chi connectivity index (χ3n) is 2.15. The zero-order valence-corrected chi connectivity index (χ0v) is 11.6.